The van der Waals surface area contributed by atoms with E-state index in [9.17, 15) is 5.26 Å². The molecule has 2 aromatic carbocycles. The van der Waals surface area contributed by atoms with Gasteiger partial charge in [-0.15, -0.1) is 0 Å². The van der Waals surface area contributed by atoms with E-state index in [4.69, 9.17) is 21.0 Å². The molecule has 1 aliphatic carbocycles. The first-order valence-electron chi connectivity index (χ1n) is 10.5. The number of oxazole rings is 1. The summed E-state index contributed by atoms with van der Waals surface area (Å²) in [6, 6.07) is 10.7. The minimum atomic E-state index is 0.389. The lowest BCUT2D eigenvalue weighted by atomic mass is 9.93. The summed E-state index contributed by atoms with van der Waals surface area (Å²) in [5.74, 6) is 1.16. The van der Waals surface area contributed by atoms with Gasteiger partial charge in [-0.1, -0.05) is 23.7 Å². The van der Waals surface area contributed by atoms with Gasteiger partial charge in [0.1, 0.15) is 11.6 Å². The Balaban J connectivity index is 1.80. The SMILES string of the molecule is Cc1c(-c2cccc(Cl)c2)c(N2CC[C@H](N(C)C)C2)c2oc(C3CC3)nc2c1C#N. The third kappa shape index (κ3) is 3.15. The molecule has 1 aliphatic heterocycles. The van der Waals surface area contributed by atoms with Crippen molar-refractivity contribution < 1.29 is 4.42 Å². The van der Waals surface area contributed by atoms with Gasteiger partial charge in [0, 0.05) is 35.6 Å². The summed E-state index contributed by atoms with van der Waals surface area (Å²) < 4.78 is 6.37. The molecule has 0 N–H and O–H groups in total. The van der Waals surface area contributed by atoms with Crippen LogP contribution in [-0.4, -0.2) is 43.1 Å². The second-order valence-corrected chi connectivity index (χ2v) is 9.14. The topological polar surface area (TPSA) is 56.3 Å². The first-order valence-corrected chi connectivity index (χ1v) is 10.9. The Morgan fingerprint density at radius 3 is 2.70 bits per heavy atom. The smallest absolute Gasteiger partial charge is 0.198 e. The second-order valence-electron chi connectivity index (χ2n) is 8.70. The van der Waals surface area contributed by atoms with Crippen LogP contribution in [0.4, 0.5) is 5.69 Å². The molecular formula is C24H25ClN4O. The van der Waals surface area contributed by atoms with E-state index in [0.29, 0.717) is 28.1 Å². The lowest BCUT2D eigenvalue weighted by Gasteiger charge is -2.25. The average molecular weight is 421 g/mol. The van der Waals surface area contributed by atoms with Gasteiger partial charge < -0.3 is 14.2 Å². The molecule has 154 valence electrons. The van der Waals surface area contributed by atoms with Gasteiger partial charge in [0.05, 0.1) is 11.3 Å². The van der Waals surface area contributed by atoms with Gasteiger partial charge in [-0.3, -0.25) is 0 Å². The number of nitrogens with zero attached hydrogens (tertiary/aromatic N) is 4. The van der Waals surface area contributed by atoms with Crippen molar-refractivity contribution in [1.29, 1.82) is 5.26 Å². The van der Waals surface area contributed by atoms with Crippen LogP contribution in [0.2, 0.25) is 5.02 Å². The van der Waals surface area contributed by atoms with E-state index < -0.39 is 0 Å². The highest BCUT2D eigenvalue weighted by Crippen LogP contribution is 2.47. The predicted octanol–water partition coefficient (Wildman–Crippen LogP) is 5.35. The fraction of sp³-hybridized carbons (Fsp3) is 0.417. The summed E-state index contributed by atoms with van der Waals surface area (Å²) in [5.41, 5.74) is 6.06. The van der Waals surface area contributed by atoms with E-state index >= 15 is 0 Å². The van der Waals surface area contributed by atoms with E-state index in [-0.39, 0.29) is 0 Å². The summed E-state index contributed by atoms with van der Waals surface area (Å²) in [6.07, 6.45) is 3.30. The molecular weight excluding hydrogens is 396 g/mol. The molecule has 2 fully saturated rings. The molecule has 0 unspecified atom stereocenters. The molecule has 5 rings (SSSR count). The van der Waals surface area contributed by atoms with Crippen LogP contribution in [0, 0.1) is 18.3 Å². The molecule has 1 saturated carbocycles. The highest BCUT2D eigenvalue weighted by molar-refractivity contribution is 6.31. The predicted molar refractivity (Wildman–Crippen MR) is 120 cm³/mol. The Labute approximate surface area is 181 Å². The normalized spacial score (nSPS) is 19.1. The molecule has 30 heavy (non-hydrogen) atoms. The quantitative estimate of drug-likeness (QED) is 0.569. The van der Waals surface area contributed by atoms with Crippen molar-refractivity contribution in [3.05, 3.63) is 46.3 Å². The molecule has 1 saturated heterocycles. The minimum Gasteiger partial charge on any atom is -0.438 e. The highest BCUT2D eigenvalue weighted by atomic mass is 35.5. The lowest BCUT2D eigenvalue weighted by Crippen LogP contribution is -2.31. The molecule has 1 aromatic heterocycles. The maximum Gasteiger partial charge on any atom is 0.198 e. The number of halogens is 1. The number of nitriles is 1. The van der Waals surface area contributed by atoms with Crippen LogP contribution in [0.25, 0.3) is 22.2 Å². The first kappa shape index (κ1) is 19.4. The van der Waals surface area contributed by atoms with Crippen LogP contribution < -0.4 is 4.90 Å². The van der Waals surface area contributed by atoms with Crippen molar-refractivity contribution >= 4 is 28.4 Å². The van der Waals surface area contributed by atoms with Gasteiger partial charge >= 0.3 is 0 Å². The van der Waals surface area contributed by atoms with Crippen LogP contribution in [0.15, 0.2) is 28.7 Å². The number of rotatable bonds is 4. The van der Waals surface area contributed by atoms with Gasteiger partial charge in [-0.2, -0.15) is 5.26 Å². The number of hydrogen-bond donors (Lipinski definition) is 0. The monoisotopic (exact) mass is 420 g/mol. The zero-order chi connectivity index (χ0) is 21.0. The van der Waals surface area contributed by atoms with E-state index in [2.05, 4.69) is 36.0 Å². The van der Waals surface area contributed by atoms with Crippen molar-refractivity contribution in [2.24, 2.45) is 0 Å². The number of aromatic nitrogens is 1. The van der Waals surface area contributed by atoms with E-state index in [0.717, 1.165) is 66.2 Å². The molecule has 0 radical (unpaired) electrons. The summed E-state index contributed by atoms with van der Waals surface area (Å²) in [5, 5.41) is 10.7. The van der Waals surface area contributed by atoms with Crippen molar-refractivity contribution in [3.63, 3.8) is 0 Å². The molecule has 1 atom stereocenters. The summed E-state index contributed by atoms with van der Waals surface area (Å²) in [4.78, 5) is 9.48. The van der Waals surface area contributed by atoms with Crippen LogP contribution in [-0.2, 0) is 0 Å². The van der Waals surface area contributed by atoms with E-state index in [1.165, 1.54) is 0 Å². The number of hydrogen-bond acceptors (Lipinski definition) is 5. The maximum atomic E-state index is 10.00. The second kappa shape index (κ2) is 7.30. The molecule has 0 amide bonds. The fourth-order valence-corrected chi connectivity index (χ4v) is 4.76. The number of likely N-dealkylation sites (N-methyl/N-ethyl adjacent to an activating group) is 1. The fourth-order valence-electron chi connectivity index (χ4n) is 4.57. The Hall–Kier alpha value is -2.55. The van der Waals surface area contributed by atoms with Crippen LogP contribution in [0.5, 0.6) is 0 Å². The van der Waals surface area contributed by atoms with Crippen LogP contribution >= 0.6 is 11.6 Å². The Bertz CT molecular complexity index is 1170. The number of anilines is 1. The standard InChI is InChI=1S/C24H25ClN4O/c1-14-19(12-26)21-23(30-24(27-21)15-7-8-15)22(29-10-9-18(13-29)28(2)3)20(14)16-5-4-6-17(25)11-16/h4-6,11,15,18H,7-10,13H2,1-3H3/t18-/m0/s1. The van der Waals surface area contributed by atoms with Crippen molar-refractivity contribution in [1.82, 2.24) is 9.88 Å². The Morgan fingerprint density at radius 2 is 2.07 bits per heavy atom. The van der Waals surface area contributed by atoms with Gasteiger partial charge in [-0.25, -0.2) is 4.98 Å². The summed E-state index contributed by atoms with van der Waals surface area (Å²) in [6.45, 7) is 3.87. The summed E-state index contributed by atoms with van der Waals surface area (Å²) in [7, 11) is 4.26. The Morgan fingerprint density at radius 1 is 1.27 bits per heavy atom. The largest absolute Gasteiger partial charge is 0.438 e. The molecule has 3 aromatic rings. The molecule has 0 spiro atoms. The highest BCUT2D eigenvalue weighted by Gasteiger charge is 2.34. The first-order chi connectivity index (χ1) is 14.5. The Kier molecular flexibility index (Phi) is 4.72. The average Bonchev–Trinajstić information content (AvgIpc) is 3.28. The molecule has 5 nitrogen and oxygen atoms in total. The van der Waals surface area contributed by atoms with Crippen LogP contribution in [0.3, 0.4) is 0 Å². The number of benzene rings is 2. The van der Waals surface area contributed by atoms with Gasteiger partial charge in [0.2, 0.25) is 0 Å². The molecule has 0 bridgehead atoms. The number of fused-ring (bicyclic) bond motifs is 1. The molecule has 2 heterocycles. The third-order valence-corrected chi connectivity index (χ3v) is 6.68. The third-order valence-electron chi connectivity index (χ3n) is 6.44. The zero-order valence-corrected chi connectivity index (χ0v) is 18.3. The summed E-state index contributed by atoms with van der Waals surface area (Å²) >= 11 is 6.35. The van der Waals surface area contributed by atoms with Crippen LogP contribution in [0.1, 0.15) is 42.2 Å². The van der Waals surface area contributed by atoms with Gasteiger partial charge in [-0.05, 0) is 63.5 Å². The van der Waals surface area contributed by atoms with Crippen molar-refractivity contribution in [3.8, 4) is 17.2 Å². The molecule has 6 heteroatoms. The van der Waals surface area contributed by atoms with Gasteiger partial charge in [0.15, 0.2) is 11.5 Å². The maximum absolute atomic E-state index is 10.00. The van der Waals surface area contributed by atoms with Gasteiger partial charge in [0.25, 0.3) is 0 Å². The molecule has 2 aliphatic rings. The minimum absolute atomic E-state index is 0.389. The van der Waals surface area contributed by atoms with Crippen molar-refractivity contribution in [2.45, 2.75) is 38.1 Å². The van der Waals surface area contributed by atoms with E-state index in [1.54, 1.807) is 0 Å². The van der Waals surface area contributed by atoms with Crippen molar-refractivity contribution in [2.75, 3.05) is 32.1 Å². The van der Waals surface area contributed by atoms with E-state index in [1.807, 2.05) is 25.1 Å². The zero-order valence-electron chi connectivity index (χ0n) is 17.6. The lowest BCUT2D eigenvalue weighted by molar-refractivity contribution is 0.315.